The van der Waals surface area contributed by atoms with Crippen LogP contribution in [-0.4, -0.2) is 35.9 Å². The Bertz CT molecular complexity index is 444. The lowest BCUT2D eigenvalue weighted by molar-refractivity contribution is -0.119. The van der Waals surface area contributed by atoms with Crippen LogP contribution in [-0.2, 0) is 4.79 Å². The molecule has 5 nitrogen and oxygen atoms in total. The highest BCUT2D eigenvalue weighted by atomic mass is 16.1. The zero-order chi connectivity index (χ0) is 13.0. The summed E-state index contributed by atoms with van der Waals surface area (Å²) in [6.07, 6.45) is 0.907. The average Bonchev–Trinajstić information content (AvgIpc) is 2.78. The molecule has 1 unspecified atom stereocenters. The maximum atomic E-state index is 11.0. The first-order valence-corrected chi connectivity index (χ1v) is 6.06. The number of aliphatic imine (C=N–C) groups is 1. The standard InChI is InChI=1S/C13H18N4O/c1-10(18)15-12-7-8-17(9-12)13(14)16-11-5-3-2-4-6-11/h2-6,12H,7-9H2,1H3,(H2,14,16)(H,15,18). The molecule has 2 rings (SSSR count). The van der Waals surface area contributed by atoms with Crippen molar-refractivity contribution in [3.8, 4) is 0 Å². The maximum Gasteiger partial charge on any atom is 0.217 e. The molecule has 96 valence electrons. The van der Waals surface area contributed by atoms with Gasteiger partial charge in [0.25, 0.3) is 0 Å². The van der Waals surface area contributed by atoms with Gasteiger partial charge in [0.2, 0.25) is 5.91 Å². The van der Waals surface area contributed by atoms with E-state index in [-0.39, 0.29) is 11.9 Å². The number of rotatable bonds is 2. The first kappa shape index (κ1) is 12.4. The average molecular weight is 246 g/mol. The molecule has 1 saturated heterocycles. The van der Waals surface area contributed by atoms with Crippen molar-refractivity contribution < 1.29 is 4.79 Å². The molecule has 0 aliphatic carbocycles. The Hall–Kier alpha value is -2.04. The van der Waals surface area contributed by atoms with E-state index >= 15 is 0 Å². The Labute approximate surface area is 107 Å². The Morgan fingerprint density at radius 3 is 2.83 bits per heavy atom. The molecule has 0 radical (unpaired) electrons. The number of nitrogens with one attached hydrogen (secondary N) is 1. The molecule has 1 aromatic carbocycles. The van der Waals surface area contributed by atoms with Crippen molar-refractivity contribution in [1.82, 2.24) is 10.2 Å². The molecule has 1 fully saturated rings. The summed E-state index contributed by atoms with van der Waals surface area (Å²) in [4.78, 5) is 17.3. The minimum absolute atomic E-state index is 0.000388. The number of para-hydroxylation sites is 1. The van der Waals surface area contributed by atoms with Crippen molar-refractivity contribution in [2.45, 2.75) is 19.4 Å². The Morgan fingerprint density at radius 2 is 2.17 bits per heavy atom. The molecule has 1 atom stereocenters. The summed E-state index contributed by atoms with van der Waals surface area (Å²) in [5.74, 6) is 0.509. The summed E-state index contributed by atoms with van der Waals surface area (Å²) in [5.41, 5.74) is 6.81. The quantitative estimate of drug-likeness (QED) is 0.600. The van der Waals surface area contributed by atoms with E-state index in [9.17, 15) is 4.79 Å². The summed E-state index contributed by atoms with van der Waals surface area (Å²) < 4.78 is 0. The number of likely N-dealkylation sites (tertiary alicyclic amines) is 1. The van der Waals surface area contributed by atoms with Crippen molar-refractivity contribution in [3.05, 3.63) is 30.3 Å². The van der Waals surface area contributed by atoms with E-state index in [2.05, 4.69) is 10.3 Å². The second-order valence-electron chi connectivity index (χ2n) is 4.44. The van der Waals surface area contributed by atoms with Gasteiger partial charge in [-0.25, -0.2) is 4.99 Å². The second kappa shape index (κ2) is 5.53. The van der Waals surface area contributed by atoms with Crippen LogP contribution in [0.5, 0.6) is 0 Å². The smallest absolute Gasteiger partial charge is 0.217 e. The number of benzene rings is 1. The van der Waals surface area contributed by atoms with Crippen LogP contribution in [0.4, 0.5) is 5.69 Å². The molecule has 0 spiro atoms. The third-order valence-electron chi connectivity index (χ3n) is 2.92. The summed E-state index contributed by atoms with van der Waals surface area (Å²) in [7, 11) is 0. The Balaban J connectivity index is 1.97. The van der Waals surface area contributed by atoms with Crippen molar-refractivity contribution in [1.29, 1.82) is 0 Å². The van der Waals surface area contributed by atoms with Gasteiger partial charge in [-0.05, 0) is 18.6 Å². The lowest BCUT2D eigenvalue weighted by Gasteiger charge is -2.17. The minimum Gasteiger partial charge on any atom is -0.369 e. The number of nitrogens with zero attached hydrogens (tertiary/aromatic N) is 2. The van der Waals surface area contributed by atoms with Crippen LogP contribution in [0.3, 0.4) is 0 Å². The van der Waals surface area contributed by atoms with Crippen LogP contribution in [0.2, 0.25) is 0 Å². The van der Waals surface area contributed by atoms with Gasteiger partial charge in [-0.3, -0.25) is 4.79 Å². The Kier molecular flexibility index (Phi) is 3.82. The van der Waals surface area contributed by atoms with Gasteiger partial charge in [0.05, 0.1) is 5.69 Å². The molecule has 1 aromatic rings. The van der Waals surface area contributed by atoms with Crippen molar-refractivity contribution in [3.63, 3.8) is 0 Å². The predicted molar refractivity (Wildman–Crippen MR) is 71.5 cm³/mol. The van der Waals surface area contributed by atoms with Gasteiger partial charge in [0.1, 0.15) is 0 Å². The molecule has 1 aliphatic rings. The van der Waals surface area contributed by atoms with Crippen LogP contribution < -0.4 is 11.1 Å². The predicted octanol–water partition coefficient (Wildman–Crippen LogP) is 0.843. The highest BCUT2D eigenvalue weighted by Gasteiger charge is 2.24. The normalized spacial score (nSPS) is 19.9. The fraction of sp³-hybridized carbons (Fsp3) is 0.385. The van der Waals surface area contributed by atoms with E-state index in [0.717, 1.165) is 25.2 Å². The molecule has 0 saturated carbocycles. The first-order chi connectivity index (χ1) is 8.65. The fourth-order valence-electron chi connectivity index (χ4n) is 2.08. The van der Waals surface area contributed by atoms with Gasteiger partial charge in [-0.2, -0.15) is 0 Å². The summed E-state index contributed by atoms with van der Waals surface area (Å²) in [6.45, 7) is 3.08. The number of carbonyl (C=O) groups excluding carboxylic acids is 1. The van der Waals surface area contributed by atoms with E-state index in [4.69, 9.17) is 5.73 Å². The lowest BCUT2D eigenvalue weighted by Crippen LogP contribution is -2.40. The van der Waals surface area contributed by atoms with Crippen molar-refractivity contribution in [2.24, 2.45) is 10.7 Å². The fourth-order valence-corrected chi connectivity index (χ4v) is 2.08. The van der Waals surface area contributed by atoms with Crippen molar-refractivity contribution in [2.75, 3.05) is 13.1 Å². The molecule has 1 heterocycles. The van der Waals surface area contributed by atoms with Crippen molar-refractivity contribution >= 4 is 17.6 Å². The molecule has 1 aliphatic heterocycles. The van der Waals surface area contributed by atoms with Gasteiger partial charge >= 0.3 is 0 Å². The van der Waals surface area contributed by atoms with Gasteiger partial charge < -0.3 is 16.0 Å². The maximum absolute atomic E-state index is 11.0. The molecule has 0 aromatic heterocycles. The van der Waals surface area contributed by atoms with Gasteiger partial charge in [0.15, 0.2) is 5.96 Å². The van der Waals surface area contributed by atoms with Crippen LogP contribution in [0.1, 0.15) is 13.3 Å². The third-order valence-corrected chi connectivity index (χ3v) is 2.92. The van der Waals surface area contributed by atoms with E-state index in [1.165, 1.54) is 6.92 Å². The summed E-state index contributed by atoms with van der Waals surface area (Å²) in [5, 5.41) is 2.90. The number of carbonyl (C=O) groups is 1. The number of guanidine groups is 1. The monoisotopic (exact) mass is 246 g/mol. The largest absolute Gasteiger partial charge is 0.369 e. The lowest BCUT2D eigenvalue weighted by atomic mass is 10.3. The molecule has 1 amide bonds. The van der Waals surface area contributed by atoms with E-state index in [0.29, 0.717) is 5.96 Å². The zero-order valence-corrected chi connectivity index (χ0v) is 10.5. The molecular weight excluding hydrogens is 228 g/mol. The number of amides is 1. The highest BCUT2D eigenvalue weighted by Crippen LogP contribution is 2.13. The van der Waals surface area contributed by atoms with E-state index < -0.39 is 0 Å². The van der Waals surface area contributed by atoms with Crippen LogP contribution in [0, 0.1) is 0 Å². The summed E-state index contributed by atoms with van der Waals surface area (Å²) in [6, 6.07) is 9.79. The van der Waals surface area contributed by atoms with Crippen LogP contribution >= 0.6 is 0 Å². The van der Waals surface area contributed by atoms with E-state index in [1.807, 2.05) is 35.2 Å². The van der Waals surface area contributed by atoms with Gasteiger partial charge in [-0.15, -0.1) is 0 Å². The third kappa shape index (κ3) is 3.23. The van der Waals surface area contributed by atoms with Gasteiger partial charge in [-0.1, -0.05) is 18.2 Å². The molecular formula is C13H18N4O. The summed E-state index contributed by atoms with van der Waals surface area (Å²) >= 11 is 0. The first-order valence-electron chi connectivity index (χ1n) is 6.06. The van der Waals surface area contributed by atoms with Gasteiger partial charge in [0, 0.05) is 26.1 Å². The van der Waals surface area contributed by atoms with E-state index in [1.54, 1.807) is 0 Å². The van der Waals surface area contributed by atoms with Crippen LogP contribution in [0.25, 0.3) is 0 Å². The molecule has 5 heteroatoms. The number of hydrogen-bond donors (Lipinski definition) is 2. The topological polar surface area (TPSA) is 70.7 Å². The zero-order valence-electron chi connectivity index (χ0n) is 10.5. The minimum atomic E-state index is 0.000388. The molecule has 0 bridgehead atoms. The highest BCUT2D eigenvalue weighted by molar-refractivity contribution is 5.81. The number of nitrogens with two attached hydrogens (primary N) is 1. The second-order valence-corrected chi connectivity index (χ2v) is 4.44. The van der Waals surface area contributed by atoms with Crippen LogP contribution in [0.15, 0.2) is 35.3 Å². The SMILES string of the molecule is CC(=O)NC1CCN(C(N)=Nc2ccccc2)C1. The molecule has 3 N–H and O–H groups in total. The Morgan fingerprint density at radius 1 is 1.44 bits per heavy atom. The number of hydrogen-bond acceptors (Lipinski definition) is 2. The molecule has 18 heavy (non-hydrogen) atoms.